The lowest BCUT2D eigenvalue weighted by Gasteiger charge is -2.15. The monoisotopic (exact) mass is 378 g/mol. The minimum absolute atomic E-state index is 0.0631. The van der Waals surface area contributed by atoms with E-state index in [9.17, 15) is 0 Å². The van der Waals surface area contributed by atoms with Gasteiger partial charge in [0.15, 0.2) is 0 Å². The molecule has 0 aliphatic heterocycles. The number of halogens is 2. The SMILES string of the molecule is Cc1cc(C(NN)c2c(Br)cnn2C)sc1Br. The van der Waals surface area contributed by atoms with Crippen molar-refractivity contribution in [2.75, 3.05) is 0 Å². The lowest BCUT2D eigenvalue weighted by atomic mass is 10.1. The molecule has 2 aromatic rings. The third-order valence-corrected chi connectivity index (χ3v) is 5.35. The maximum atomic E-state index is 5.67. The molecule has 0 saturated carbocycles. The van der Waals surface area contributed by atoms with Crippen molar-refractivity contribution in [3.05, 3.63) is 36.7 Å². The summed E-state index contributed by atoms with van der Waals surface area (Å²) in [6.45, 7) is 2.07. The second kappa shape index (κ2) is 5.19. The van der Waals surface area contributed by atoms with Gasteiger partial charge in [-0.25, -0.2) is 5.43 Å². The predicted molar refractivity (Wildman–Crippen MR) is 76.8 cm³/mol. The van der Waals surface area contributed by atoms with E-state index in [2.05, 4.69) is 55.4 Å². The summed E-state index contributed by atoms with van der Waals surface area (Å²) in [5, 5.41) is 4.21. The molecule has 0 radical (unpaired) electrons. The van der Waals surface area contributed by atoms with Gasteiger partial charge in [0.1, 0.15) is 0 Å². The first-order chi connectivity index (χ1) is 8.04. The van der Waals surface area contributed by atoms with E-state index in [1.807, 2.05) is 11.7 Å². The maximum Gasteiger partial charge on any atom is 0.0981 e. The van der Waals surface area contributed by atoms with Gasteiger partial charge in [0.05, 0.1) is 26.2 Å². The second-order valence-corrected chi connectivity index (χ2v) is 6.96. The first-order valence-electron chi connectivity index (χ1n) is 4.94. The van der Waals surface area contributed by atoms with Gasteiger partial charge in [-0.2, -0.15) is 5.10 Å². The Morgan fingerprint density at radius 2 is 2.24 bits per heavy atom. The first-order valence-corrected chi connectivity index (χ1v) is 7.34. The van der Waals surface area contributed by atoms with Crippen LogP contribution in [0.1, 0.15) is 22.2 Å². The van der Waals surface area contributed by atoms with Crippen LogP contribution in [-0.2, 0) is 7.05 Å². The van der Waals surface area contributed by atoms with Gasteiger partial charge in [0, 0.05) is 11.9 Å². The average Bonchev–Trinajstić information content (AvgIpc) is 2.77. The molecule has 0 saturated heterocycles. The highest BCUT2D eigenvalue weighted by Gasteiger charge is 2.21. The largest absolute Gasteiger partial charge is 0.270 e. The number of hydrazine groups is 1. The zero-order chi connectivity index (χ0) is 12.6. The van der Waals surface area contributed by atoms with Crippen LogP contribution in [0.25, 0.3) is 0 Å². The molecule has 2 aromatic heterocycles. The molecule has 17 heavy (non-hydrogen) atoms. The van der Waals surface area contributed by atoms with Gasteiger partial charge < -0.3 is 0 Å². The summed E-state index contributed by atoms with van der Waals surface area (Å²) in [4.78, 5) is 1.15. The van der Waals surface area contributed by atoms with Gasteiger partial charge in [-0.1, -0.05) is 0 Å². The van der Waals surface area contributed by atoms with Crippen LogP contribution < -0.4 is 11.3 Å². The second-order valence-electron chi connectivity index (χ2n) is 3.71. The Kier molecular flexibility index (Phi) is 4.04. The number of hydrogen-bond donors (Lipinski definition) is 2. The predicted octanol–water partition coefficient (Wildman–Crippen LogP) is 2.87. The molecule has 0 aliphatic rings. The minimum Gasteiger partial charge on any atom is -0.270 e. The molecule has 0 bridgehead atoms. The molecular weight excluding hydrogens is 368 g/mol. The Balaban J connectivity index is 2.47. The van der Waals surface area contributed by atoms with Crippen molar-refractivity contribution >= 4 is 43.2 Å². The van der Waals surface area contributed by atoms with Crippen LogP contribution in [-0.4, -0.2) is 9.78 Å². The molecule has 0 aliphatic carbocycles. The number of thiophene rings is 1. The molecule has 3 N–H and O–H groups in total. The number of nitrogens with two attached hydrogens (primary N) is 1. The van der Waals surface area contributed by atoms with Gasteiger partial charge in [0.2, 0.25) is 0 Å². The summed E-state index contributed by atoms with van der Waals surface area (Å²) in [6.07, 6.45) is 1.77. The Labute approximate surface area is 120 Å². The number of nitrogens with zero attached hydrogens (tertiary/aromatic N) is 2. The Hall–Kier alpha value is -0.210. The van der Waals surface area contributed by atoms with Crippen LogP contribution in [0.3, 0.4) is 0 Å². The van der Waals surface area contributed by atoms with E-state index < -0.39 is 0 Å². The van der Waals surface area contributed by atoms with Crippen molar-refractivity contribution in [3.63, 3.8) is 0 Å². The summed E-state index contributed by atoms with van der Waals surface area (Å²) < 4.78 is 3.90. The molecule has 92 valence electrons. The molecule has 2 heterocycles. The average molecular weight is 380 g/mol. The van der Waals surface area contributed by atoms with Crippen molar-refractivity contribution < 1.29 is 0 Å². The molecule has 0 fully saturated rings. The third-order valence-electron chi connectivity index (χ3n) is 2.54. The summed E-state index contributed by atoms with van der Waals surface area (Å²) in [5.74, 6) is 5.67. The summed E-state index contributed by atoms with van der Waals surface area (Å²) >= 11 is 8.70. The minimum atomic E-state index is -0.0631. The lowest BCUT2D eigenvalue weighted by molar-refractivity contribution is 0.580. The van der Waals surface area contributed by atoms with Gasteiger partial charge in [-0.15, -0.1) is 11.3 Å². The van der Waals surface area contributed by atoms with E-state index in [0.29, 0.717) is 0 Å². The topological polar surface area (TPSA) is 55.9 Å². The zero-order valence-corrected chi connectivity index (χ0v) is 13.4. The van der Waals surface area contributed by atoms with E-state index in [1.165, 1.54) is 5.56 Å². The van der Waals surface area contributed by atoms with Crippen molar-refractivity contribution in [2.24, 2.45) is 12.9 Å². The van der Waals surface area contributed by atoms with Gasteiger partial charge in [0.25, 0.3) is 0 Å². The molecule has 0 aromatic carbocycles. The summed E-state index contributed by atoms with van der Waals surface area (Å²) in [5.41, 5.74) is 5.07. The van der Waals surface area contributed by atoms with Crippen molar-refractivity contribution in [3.8, 4) is 0 Å². The number of nitrogens with one attached hydrogen (secondary N) is 1. The molecule has 1 unspecified atom stereocenters. The molecule has 0 amide bonds. The number of aromatic nitrogens is 2. The fourth-order valence-electron chi connectivity index (χ4n) is 1.67. The van der Waals surface area contributed by atoms with Crippen molar-refractivity contribution in [2.45, 2.75) is 13.0 Å². The summed E-state index contributed by atoms with van der Waals surface area (Å²) in [7, 11) is 1.90. The maximum absolute atomic E-state index is 5.67. The fourth-order valence-corrected chi connectivity index (χ4v) is 3.88. The van der Waals surface area contributed by atoms with Crippen LogP contribution in [0.5, 0.6) is 0 Å². The Morgan fingerprint density at radius 1 is 1.53 bits per heavy atom. The van der Waals surface area contributed by atoms with Crippen molar-refractivity contribution in [1.82, 2.24) is 15.2 Å². The van der Waals surface area contributed by atoms with E-state index in [0.717, 1.165) is 18.8 Å². The molecule has 0 spiro atoms. The number of rotatable bonds is 3. The first kappa shape index (κ1) is 13.2. The van der Waals surface area contributed by atoms with E-state index >= 15 is 0 Å². The van der Waals surface area contributed by atoms with Crippen LogP contribution in [0.2, 0.25) is 0 Å². The lowest BCUT2D eigenvalue weighted by Crippen LogP contribution is -2.30. The molecule has 4 nitrogen and oxygen atoms in total. The third kappa shape index (κ3) is 2.48. The van der Waals surface area contributed by atoms with E-state index in [1.54, 1.807) is 17.5 Å². The van der Waals surface area contributed by atoms with Gasteiger partial charge >= 0.3 is 0 Å². The van der Waals surface area contributed by atoms with Gasteiger partial charge in [-0.05, 0) is 50.4 Å². The Morgan fingerprint density at radius 3 is 2.65 bits per heavy atom. The number of aryl methyl sites for hydroxylation is 2. The van der Waals surface area contributed by atoms with Gasteiger partial charge in [-0.3, -0.25) is 10.5 Å². The van der Waals surface area contributed by atoms with Crippen LogP contribution in [0.15, 0.2) is 20.5 Å². The smallest absolute Gasteiger partial charge is 0.0981 e. The zero-order valence-electron chi connectivity index (χ0n) is 9.37. The van der Waals surface area contributed by atoms with Crippen LogP contribution in [0, 0.1) is 6.92 Å². The molecule has 7 heteroatoms. The highest BCUT2D eigenvalue weighted by Crippen LogP contribution is 2.35. The molecule has 1 atom stereocenters. The highest BCUT2D eigenvalue weighted by molar-refractivity contribution is 9.11. The van der Waals surface area contributed by atoms with E-state index in [4.69, 9.17) is 5.84 Å². The van der Waals surface area contributed by atoms with E-state index in [-0.39, 0.29) is 6.04 Å². The normalized spacial score (nSPS) is 13.0. The van der Waals surface area contributed by atoms with Crippen LogP contribution in [0.4, 0.5) is 0 Å². The quantitative estimate of drug-likeness (QED) is 0.636. The fraction of sp³-hybridized carbons (Fsp3) is 0.300. The summed E-state index contributed by atoms with van der Waals surface area (Å²) in [6, 6.07) is 2.06. The van der Waals surface area contributed by atoms with Crippen LogP contribution >= 0.6 is 43.2 Å². The standard InChI is InChI=1S/C10H12Br2N4S/c1-5-3-7(17-10(5)12)8(15-13)9-6(11)4-14-16(9)2/h3-4,8,15H,13H2,1-2H3. The molecule has 2 rings (SSSR count). The van der Waals surface area contributed by atoms with Crippen molar-refractivity contribution in [1.29, 1.82) is 0 Å². The molecular formula is C10H12Br2N4S. The number of hydrogen-bond acceptors (Lipinski definition) is 4. The Bertz CT molecular complexity index is 495. The highest BCUT2D eigenvalue weighted by atomic mass is 79.9.